The Bertz CT molecular complexity index is 1410. The lowest BCUT2D eigenvalue weighted by Crippen LogP contribution is -2.29. The van der Waals surface area contributed by atoms with Crippen LogP contribution in [0.3, 0.4) is 0 Å². The number of nitrogens with one attached hydrogen (secondary N) is 2. The molecule has 0 saturated carbocycles. The molecule has 0 fully saturated rings. The highest BCUT2D eigenvalue weighted by atomic mass is 32.2. The third-order valence-corrected chi connectivity index (χ3v) is 6.93. The highest BCUT2D eigenvalue weighted by Crippen LogP contribution is 2.32. The summed E-state index contributed by atoms with van der Waals surface area (Å²) in [6.45, 7) is 3.20. The first kappa shape index (κ1) is 23.4. The fourth-order valence-corrected chi connectivity index (χ4v) is 5.01. The fraction of sp³-hybridized carbons (Fsp3) is 0.192. The maximum Gasteiger partial charge on any atom is 0.232 e. The van der Waals surface area contributed by atoms with Crippen LogP contribution in [-0.2, 0) is 19.6 Å². The van der Waals surface area contributed by atoms with E-state index in [1.807, 2.05) is 24.3 Å². The van der Waals surface area contributed by atoms with Crippen molar-refractivity contribution < 1.29 is 9.47 Å². The van der Waals surface area contributed by atoms with Crippen LogP contribution < -0.4 is 25.0 Å². The molecule has 2 aromatic heterocycles. The Morgan fingerprint density at radius 3 is 2.46 bits per heavy atom. The summed E-state index contributed by atoms with van der Waals surface area (Å²) in [5.74, 6) is 2.72. The summed E-state index contributed by atoms with van der Waals surface area (Å²) >= 11 is 6.94. The van der Waals surface area contributed by atoms with Gasteiger partial charge in [-0.1, -0.05) is 30.3 Å². The van der Waals surface area contributed by atoms with Crippen LogP contribution in [0.5, 0.6) is 11.5 Å². The van der Waals surface area contributed by atoms with Crippen molar-refractivity contribution in [3.63, 3.8) is 0 Å². The number of benzene rings is 2. The molecule has 2 aliphatic rings. The predicted molar refractivity (Wildman–Crippen MR) is 145 cm³/mol. The second-order valence-corrected chi connectivity index (χ2v) is 9.83. The first-order valence-electron chi connectivity index (χ1n) is 11.8. The maximum atomic E-state index is 5.68. The highest BCUT2D eigenvalue weighted by molar-refractivity contribution is 7.99. The van der Waals surface area contributed by atoms with Crippen molar-refractivity contribution in [3.8, 4) is 11.5 Å². The van der Waals surface area contributed by atoms with Crippen LogP contribution in [-0.4, -0.2) is 38.3 Å². The molecule has 0 aliphatic carbocycles. The number of hydrogen-bond donors (Lipinski definition) is 2. The van der Waals surface area contributed by atoms with Crippen molar-refractivity contribution in [2.75, 3.05) is 23.4 Å². The molecule has 4 heterocycles. The summed E-state index contributed by atoms with van der Waals surface area (Å²) in [6.07, 6.45) is 3.43. The second kappa shape index (κ2) is 10.6. The summed E-state index contributed by atoms with van der Waals surface area (Å²) in [7, 11) is 0. The van der Waals surface area contributed by atoms with Crippen molar-refractivity contribution in [2.45, 2.75) is 29.8 Å². The van der Waals surface area contributed by atoms with Gasteiger partial charge < -0.3 is 25.0 Å². The summed E-state index contributed by atoms with van der Waals surface area (Å²) in [5.41, 5.74) is 3.62. The molecule has 2 aliphatic heterocycles. The van der Waals surface area contributed by atoms with Crippen LogP contribution in [0.25, 0.3) is 0 Å². The van der Waals surface area contributed by atoms with Gasteiger partial charge >= 0.3 is 0 Å². The topological polar surface area (TPSA) is 97.3 Å². The van der Waals surface area contributed by atoms with Crippen molar-refractivity contribution in [1.29, 1.82) is 0 Å². The Hall–Kier alpha value is -3.96. The molecule has 2 aromatic carbocycles. The quantitative estimate of drug-likeness (QED) is 0.214. The van der Waals surface area contributed by atoms with Crippen molar-refractivity contribution in [1.82, 2.24) is 25.3 Å². The summed E-state index contributed by atoms with van der Waals surface area (Å²) < 4.78 is 11.3. The number of anilines is 2. The van der Waals surface area contributed by atoms with Gasteiger partial charge in [0, 0.05) is 38.1 Å². The Morgan fingerprint density at radius 2 is 1.68 bits per heavy atom. The molecule has 0 saturated heterocycles. The lowest BCUT2D eigenvalue weighted by Gasteiger charge is -2.19. The molecular weight excluding hydrogens is 506 g/mol. The summed E-state index contributed by atoms with van der Waals surface area (Å²) in [5, 5.41) is 8.13. The van der Waals surface area contributed by atoms with Gasteiger partial charge in [0.05, 0.1) is 0 Å². The van der Waals surface area contributed by atoms with Crippen LogP contribution >= 0.6 is 24.0 Å². The fourth-order valence-electron chi connectivity index (χ4n) is 4.14. The zero-order valence-electron chi connectivity index (χ0n) is 19.8. The van der Waals surface area contributed by atoms with Gasteiger partial charge in [0.2, 0.25) is 5.95 Å². The van der Waals surface area contributed by atoms with E-state index in [0.717, 1.165) is 41.0 Å². The van der Waals surface area contributed by atoms with Gasteiger partial charge in [0.15, 0.2) is 21.8 Å². The van der Waals surface area contributed by atoms with E-state index in [0.29, 0.717) is 36.0 Å². The zero-order valence-corrected chi connectivity index (χ0v) is 21.4. The smallest absolute Gasteiger partial charge is 0.232 e. The molecule has 11 heteroatoms. The predicted octanol–water partition coefficient (Wildman–Crippen LogP) is 4.20. The van der Waals surface area contributed by atoms with E-state index < -0.39 is 0 Å². The monoisotopic (exact) mass is 529 g/mol. The van der Waals surface area contributed by atoms with E-state index in [-0.39, 0.29) is 0 Å². The number of ether oxygens (including phenoxy) is 2. The van der Waals surface area contributed by atoms with Crippen molar-refractivity contribution in [3.05, 3.63) is 83.7 Å². The summed E-state index contributed by atoms with van der Waals surface area (Å²) in [6, 6.07) is 18.0. The first-order valence-corrected chi connectivity index (χ1v) is 13.0. The van der Waals surface area contributed by atoms with Gasteiger partial charge in [-0.25, -0.2) is 15.0 Å². The van der Waals surface area contributed by atoms with Gasteiger partial charge in [0.25, 0.3) is 0 Å². The lowest BCUT2D eigenvalue weighted by molar-refractivity contribution is 0.171. The van der Waals surface area contributed by atoms with Crippen LogP contribution in [0.1, 0.15) is 16.7 Å². The third kappa shape index (κ3) is 5.57. The largest absolute Gasteiger partial charge is 0.486 e. The number of aromatic nitrogens is 4. The SMILES string of the molecule is S=C(NCc1ccc2c(c1)OCCO2)Nc1nc(Sc2ncccn2)cc(N2Cc3ccccc3C2)n1. The van der Waals surface area contributed by atoms with Gasteiger partial charge in [-0.05, 0) is 58.9 Å². The average Bonchev–Trinajstić information content (AvgIpc) is 3.37. The highest BCUT2D eigenvalue weighted by Gasteiger charge is 2.21. The minimum atomic E-state index is 0.409. The zero-order chi connectivity index (χ0) is 25.0. The molecule has 6 rings (SSSR count). The Morgan fingerprint density at radius 1 is 0.919 bits per heavy atom. The number of nitrogens with zero attached hydrogens (tertiary/aromatic N) is 5. The van der Waals surface area contributed by atoms with Crippen molar-refractivity contribution >= 4 is 40.9 Å². The third-order valence-electron chi connectivity index (χ3n) is 5.88. The number of thiocarbonyl (C=S) groups is 1. The first-order chi connectivity index (χ1) is 18.2. The summed E-state index contributed by atoms with van der Waals surface area (Å²) in [4.78, 5) is 20.3. The van der Waals surface area contributed by atoms with E-state index in [2.05, 4.69) is 54.8 Å². The molecule has 0 radical (unpaired) electrons. The minimum Gasteiger partial charge on any atom is -0.486 e. The van der Waals surface area contributed by atoms with Gasteiger partial charge in [-0.3, -0.25) is 0 Å². The van der Waals surface area contributed by atoms with Crippen LogP contribution in [0.15, 0.2) is 77.2 Å². The van der Waals surface area contributed by atoms with E-state index in [1.54, 1.807) is 18.5 Å². The van der Waals surface area contributed by atoms with Gasteiger partial charge in [-0.15, -0.1) is 0 Å². The van der Waals surface area contributed by atoms with Crippen LogP contribution in [0.4, 0.5) is 11.8 Å². The molecule has 186 valence electrons. The molecule has 9 nitrogen and oxygen atoms in total. The van der Waals surface area contributed by atoms with E-state index in [9.17, 15) is 0 Å². The standard InChI is InChI=1S/C26H23N7O2S2/c36-25(29-14-17-6-7-20-21(12-17)35-11-10-34-20)32-24-30-22(33-15-18-4-1-2-5-19(18)16-33)13-23(31-24)37-26-27-8-3-9-28-26/h1-9,12-13H,10-11,14-16H2,(H2,29,30,31,32,36). The Labute approximate surface area is 223 Å². The molecular formula is C26H23N7O2S2. The lowest BCUT2D eigenvalue weighted by atomic mass is 10.1. The Kier molecular flexibility index (Phi) is 6.70. The van der Waals surface area contributed by atoms with Crippen LogP contribution in [0.2, 0.25) is 0 Å². The minimum absolute atomic E-state index is 0.409. The molecule has 0 spiro atoms. The molecule has 4 aromatic rings. The number of fused-ring (bicyclic) bond motifs is 2. The van der Waals surface area contributed by atoms with E-state index >= 15 is 0 Å². The molecule has 0 bridgehead atoms. The molecule has 37 heavy (non-hydrogen) atoms. The van der Waals surface area contributed by atoms with Gasteiger partial charge in [-0.2, -0.15) is 4.98 Å². The molecule has 2 N–H and O–H groups in total. The maximum absolute atomic E-state index is 5.68. The average molecular weight is 530 g/mol. The second-order valence-electron chi connectivity index (χ2n) is 8.43. The van der Waals surface area contributed by atoms with Gasteiger partial charge in [0.1, 0.15) is 24.1 Å². The number of hydrogen-bond acceptors (Lipinski definition) is 9. The van der Waals surface area contributed by atoms with Crippen LogP contribution in [0, 0.1) is 0 Å². The molecule has 0 unspecified atom stereocenters. The molecule has 0 amide bonds. The van der Waals surface area contributed by atoms with Crippen molar-refractivity contribution in [2.24, 2.45) is 0 Å². The molecule has 0 atom stereocenters. The number of rotatable bonds is 6. The normalized spacial score (nSPS) is 13.7. The Balaban J connectivity index is 1.18. The van der Waals surface area contributed by atoms with E-state index in [1.165, 1.54) is 22.9 Å². The van der Waals surface area contributed by atoms with E-state index in [4.69, 9.17) is 26.7 Å².